The van der Waals surface area contributed by atoms with Gasteiger partial charge >= 0.3 is 6.09 Å². The summed E-state index contributed by atoms with van der Waals surface area (Å²) in [7, 11) is 0. The first-order chi connectivity index (χ1) is 11.9. The van der Waals surface area contributed by atoms with Gasteiger partial charge in [-0.3, -0.25) is 4.90 Å². The molecule has 1 amide bonds. The summed E-state index contributed by atoms with van der Waals surface area (Å²) < 4.78 is 5.66. The molecule has 2 aliphatic rings. The molecule has 2 fully saturated rings. The summed E-state index contributed by atoms with van der Waals surface area (Å²) in [5.41, 5.74) is 1.61. The molecule has 2 heterocycles. The molecule has 132 valence electrons. The van der Waals surface area contributed by atoms with Crippen LogP contribution >= 0.6 is 0 Å². The first kappa shape index (κ1) is 16.2. The fraction of sp³-hybridized carbons (Fsp3) is 0.500. The first-order valence-corrected chi connectivity index (χ1v) is 9.04. The summed E-state index contributed by atoms with van der Waals surface area (Å²) in [6.07, 6.45) is 4.90. The molecule has 1 aliphatic carbocycles. The molecule has 4 rings (SSSR count). The number of H-pyrrole nitrogens is 1. The maximum Gasteiger partial charge on any atom is 0.411 e. The van der Waals surface area contributed by atoms with Gasteiger partial charge in [0.1, 0.15) is 11.4 Å². The molecule has 1 N–H and O–H groups in total. The van der Waals surface area contributed by atoms with Gasteiger partial charge in [-0.15, -0.1) is 0 Å². The van der Waals surface area contributed by atoms with Crippen LogP contribution < -0.4 is 0 Å². The summed E-state index contributed by atoms with van der Waals surface area (Å²) in [5.74, 6) is 1.34. The van der Waals surface area contributed by atoms with Crippen molar-refractivity contribution in [2.24, 2.45) is 5.92 Å². The Hall–Kier alpha value is -2.30. The van der Waals surface area contributed by atoms with Gasteiger partial charge in [-0.25, -0.2) is 9.78 Å². The van der Waals surface area contributed by atoms with Gasteiger partial charge in [-0.1, -0.05) is 30.3 Å². The van der Waals surface area contributed by atoms with Crippen LogP contribution in [0.15, 0.2) is 36.5 Å². The molecule has 3 atom stereocenters. The van der Waals surface area contributed by atoms with Crippen molar-refractivity contribution in [1.82, 2.24) is 14.9 Å². The lowest BCUT2D eigenvalue weighted by Gasteiger charge is -2.35. The van der Waals surface area contributed by atoms with Crippen LogP contribution in [0, 0.1) is 5.92 Å². The van der Waals surface area contributed by atoms with E-state index in [1.165, 1.54) is 0 Å². The molecule has 2 aromatic rings. The van der Waals surface area contributed by atoms with Gasteiger partial charge in [-0.2, -0.15) is 0 Å². The number of nitrogens with one attached hydrogen (secondary N) is 1. The highest BCUT2D eigenvalue weighted by molar-refractivity contribution is 5.70. The van der Waals surface area contributed by atoms with E-state index in [4.69, 9.17) is 4.74 Å². The quantitative estimate of drug-likeness (QED) is 0.874. The topological polar surface area (TPSA) is 58.2 Å². The highest BCUT2D eigenvalue weighted by Gasteiger charge is 2.51. The molecule has 1 aliphatic heterocycles. The van der Waals surface area contributed by atoms with E-state index in [-0.39, 0.29) is 18.2 Å². The van der Waals surface area contributed by atoms with Crippen molar-refractivity contribution in [3.05, 3.63) is 42.4 Å². The van der Waals surface area contributed by atoms with Gasteiger partial charge in [0.05, 0.1) is 17.9 Å². The third-order valence-electron chi connectivity index (χ3n) is 5.15. The van der Waals surface area contributed by atoms with Crippen molar-refractivity contribution in [3.8, 4) is 11.3 Å². The summed E-state index contributed by atoms with van der Waals surface area (Å²) in [6, 6.07) is 10.4. The van der Waals surface area contributed by atoms with Crippen LogP contribution in [0.3, 0.4) is 0 Å². The highest BCUT2D eigenvalue weighted by atomic mass is 16.6. The van der Waals surface area contributed by atoms with E-state index in [0.717, 1.165) is 36.3 Å². The molecule has 5 nitrogen and oxygen atoms in total. The molecule has 2 bridgehead atoms. The molecular weight excluding hydrogens is 314 g/mol. The number of ether oxygens (including phenoxy) is 1. The van der Waals surface area contributed by atoms with Gasteiger partial charge in [0, 0.05) is 6.04 Å². The number of amides is 1. The zero-order valence-corrected chi connectivity index (χ0v) is 15.0. The third-order valence-corrected chi connectivity index (χ3v) is 5.15. The lowest BCUT2D eigenvalue weighted by atomic mass is 9.98. The largest absolute Gasteiger partial charge is 0.444 e. The lowest BCUT2D eigenvalue weighted by Crippen LogP contribution is -2.43. The Morgan fingerprint density at radius 3 is 2.72 bits per heavy atom. The minimum Gasteiger partial charge on any atom is -0.444 e. The number of carbonyl (C=O) groups excluding carboxylic acids is 1. The number of benzene rings is 1. The number of aromatic amines is 1. The zero-order chi connectivity index (χ0) is 17.6. The number of likely N-dealkylation sites (tertiary alicyclic amines) is 1. The molecule has 25 heavy (non-hydrogen) atoms. The Labute approximate surface area is 148 Å². The predicted octanol–water partition coefficient (Wildman–Crippen LogP) is 4.54. The maximum absolute atomic E-state index is 12.8. The smallest absolute Gasteiger partial charge is 0.411 e. The predicted molar refractivity (Wildman–Crippen MR) is 96.0 cm³/mol. The fourth-order valence-electron chi connectivity index (χ4n) is 4.17. The molecule has 1 saturated carbocycles. The molecule has 0 spiro atoms. The van der Waals surface area contributed by atoms with Crippen molar-refractivity contribution >= 4 is 6.09 Å². The van der Waals surface area contributed by atoms with Crippen LogP contribution in [0.5, 0.6) is 0 Å². The number of hydrogen-bond donors (Lipinski definition) is 1. The first-order valence-electron chi connectivity index (χ1n) is 9.04. The highest BCUT2D eigenvalue weighted by Crippen LogP contribution is 2.50. The SMILES string of the molecule is CC(C)(C)OC(=O)N1[C@@H]2CC[C@@H](C2)[C@H]1c1ncc(-c2ccccc2)[nH]1. The van der Waals surface area contributed by atoms with E-state index in [2.05, 4.69) is 22.1 Å². The lowest BCUT2D eigenvalue weighted by molar-refractivity contribution is 0.00620. The van der Waals surface area contributed by atoms with Gasteiger partial charge in [-0.05, 0) is 51.5 Å². The van der Waals surface area contributed by atoms with Crippen LogP contribution in [-0.4, -0.2) is 32.6 Å². The molecule has 0 radical (unpaired) electrons. The Bertz CT molecular complexity index is 763. The average Bonchev–Trinajstić information content (AvgIpc) is 3.29. The number of hydrogen-bond acceptors (Lipinski definition) is 3. The van der Waals surface area contributed by atoms with Crippen molar-refractivity contribution < 1.29 is 9.53 Å². The molecule has 5 heteroatoms. The third kappa shape index (κ3) is 3.03. The number of imidazole rings is 1. The molecule has 1 aromatic carbocycles. The normalized spacial score (nSPS) is 25.4. The van der Waals surface area contributed by atoms with Crippen molar-refractivity contribution in [2.45, 2.75) is 57.7 Å². The van der Waals surface area contributed by atoms with Crippen LogP contribution in [0.2, 0.25) is 0 Å². The minimum absolute atomic E-state index is 0.00828. The van der Waals surface area contributed by atoms with Gasteiger partial charge in [0.25, 0.3) is 0 Å². The van der Waals surface area contributed by atoms with Crippen LogP contribution in [0.1, 0.15) is 51.9 Å². The van der Waals surface area contributed by atoms with Crippen LogP contribution in [0.25, 0.3) is 11.3 Å². The maximum atomic E-state index is 12.8. The number of nitrogens with zero attached hydrogens (tertiary/aromatic N) is 2. The fourth-order valence-corrected chi connectivity index (χ4v) is 4.17. The number of fused-ring (bicyclic) bond motifs is 2. The Kier molecular flexibility index (Phi) is 3.82. The minimum atomic E-state index is -0.484. The van der Waals surface area contributed by atoms with Crippen molar-refractivity contribution in [2.75, 3.05) is 0 Å². The molecular formula is C20H25N3O2. The summed E-state index contributed by atoms with van der Waals surface area (Å²) in [5, 5.41) is 0. The Morgan fingerprint density at radius 2 is 2.00 bits per heavy atom. The number of carbonyl (C=O) groups is 1. The van der Waals surface area contributed by atoms with E-state index < -0.39 is 5.60 Å². The van der Waals surface area contributed by atoms with Gasteiger partial charge in [0.2, 0.25) is 0 Å². The summed E-state index contributed by atoms with van der Waals surface area (Å²) in [6.45, 7) is 5.73. The second-order valence-electron chi connectivity index (χ2n) is 8.11. The zero-order valence-electron chi connectivity index (χ0n) is 15.0. The van der Waals surface area contributed by atoms with E-state index in [0.29, 0.717) is 5.92 Å². The van der Waals surface area contributed by atoms with Gasteiger partial charge < -0.3 is 9.72 Å². The van der Waals surface area contributed by atoms with Crippen molar-refractivity contribution in [1.29, 1.82) is 0 Å². The molecule has 0 unspecified atom stereocenters. The van der Waals surface area contributed by atoms with Crippen LogP contribution in [0.4, 0.5) is 4.79 Å². The summed E-state index contributed by atoms with van der Waals surface area (Å²) in [4.78, 5) is 22.8. The van der Waals surface area contributed by atoms with E-state index in [9.17, 15) is 4.79 Å². The number of piperidine rings is 1. The number of aromatic nitrogens is 2. The van der Waals surface area contributed by atoms with Crippen molar-refractivity contribution in [3.63, 3.8) is 0 Å². The molecule has 1 aromatic heterocycles. The monoisotopic (exact) mass is 339 g/mol. The molecule has 1 saturated heterocycles. The Balaban J connectivity index is 1.62. The standard InChI is InChI=1S/C20H25N3O2/c1-20(2,3)25-19(24)23-15-10-9-14(11-15)17(23)18-21-12-16(22-18)13-7-5-4-6-8-13/h4-8,12,14-15,17H,9-11H2,1-3H3,(H,21,22)/t14-,15+,17-/m0/s1. The van der Waals surface area contributed by atoms with E-state index >= 15 is 0 Å². The van der Waals surface area contributed by atoms with Gasteiger partial charge in [0.15, 0.2) is 0 Å². The number of rotatable bonds is 2. The Morgan fingerprint density at radius 1 is 1.24 bits per heavy atom. The summed E-state index contributed by atoms with van der Waals surface area (Å²) >= 11 is 0. The van der Waals surface area contributed by atoms with E-state index in [1.54, 1.807) is 0 Å². The average molecular weight is 339 g/mol. The van der Waals surface area contributed by atoms with E-state index in [1.807, 2.05) is 50.1 Å². The second-order valence-corrected chi connectivity index (χ2v) is 8.11. The van der Waals surface area contributed by atoms with Crippen LogP contribution in [-0.2, 0) is 4.74 Å². The second kappa shape index (κ2) is 5.90.